The summed E-state index contributed by atoms with van der Waals surface area (Å²) in [6.07, 6.45) is 1.52. The van der Waals surface area contributed by atoms with Crippen molar-refractivity contribution in [2.75, 3.05) is 31.8 Å². The molecule has 2 amide bonds. The van der Waals surface area contributed by atoms with Crippen LogP contribution in [0, 0.1) is 5.82 Å². The van der Waals surface area contributed by atoms with Crippen LogP contribution in [0.1, 0.15) is 0 Å². The summed E-state index contributed by atoms with van der Waals surface area (Å²) in [6.45, 7) is -0.0942. The molecule has 9 heteroatoms. The maximum absolute atomic E-state index is 13.0. The highest BCUT2D eigenvalue weighted by Crippen LogP contribution is 2.25. The van der Waals surface area contributed by atoms with Gasteiger partial charge in [0.25, 0.3) is 5.22 Å². The van der Waals surface area contributed by atoms with Crippen molar-refractivity contribution in [2.24, 2.45) is 0 Å². The third-order valence-corrected chi connectivity index (χ3v) is 4.92. The van der Waals surface area contributed by atoms with Gasteiger partial charge in [0.2, 0.25) is 11.8 Å². The number of aromatic nitrogens is 1. The van der Waals surface area contributed by atoms with E-state index in [-0.39, 0.29) is 29.9 Å². The van der Waals surface area contributed by atoms with E-state index in [0.717, 1.165) is 11.8 Å². The Morgan fingerprint density at radius 1 is 1.23 bits per heavy atom. The summed E-state index contributed by atoms with van der Waals surface area (Å²) in [7, 11) is 3.09. The number of amides is 2. The first-order chi connectivity index (χ1) is 14.4. The van der Waals surface area contributed by atoms with Gasteiger partial charge in [-0.3, -0.25) is 9.59 Å². The maximum atomic E-state index is 13.0. The first-order valence-corrected chi connectivity index (χ1v) is 9.95. The van der Waals surface area contributed by atoms with E-state index in [1.807, 2.05) is 0 Å². The van der Waals surface area contributed by atoms with Crippen molar-refractivity contribution in [3.63, 3.8) is 0 Å². The molecule has 0 radical (unpaired) electrons. The zero-order valence-electron chi connectivity index (χ0n) is 16.4. The van der Waals surface area contributed by atoms with Crippen LogP contribution in [0.4, 0.5) is 10.1 Å². The van der Waals surface area contributed by atoms with E-state index >= 15 is 0 Å². The molecule has 2 aromatic carbocycles. The number of carbonyl (C=O) groups excluding carboxylic acids is 2. The Kier molecular flexibility index (Phi) is 7.08. The normalized spacial score (nSPS) is 10.5. The summed E-state index contributed by atoms with van der Waals surface area (Å²) >= 11 is 1.12. The van der Waals surface area contributed by atoms with Crippen LogP contribution in [-0.4, -0.2) is 48.2 Å². The van der Waals surface area contributed by atoms with Crippen LogP contribution in [0.15, 0.2) is 64.4 Å². The summed E-state index contributed by atoms with van der Waals surface area (Å²) in [5.41, 5.74) is 1.27. The Balaban J connectivity index is 1.48. The van der Waals surface area contributed by atoms with E-state index in [0.29, 0.717) is 28.0 Å². The molecule has 1 aromatic heterocycles. The number of anilines is 1. The molecule has 0 bridgehead atoms. The van der Waals surface area contributed by atoms with E-state index < -0.39 is 0 Å². The number of ether oxygens (including phenoxy) is 1. The minimum Gasteiger partial charge on any atom is -0.497 e. The monoisotopic (exact) mass is 429 g/mol. The van der Waals surface area contributed by atoms with Crippen LogP contribution in [0.3, 0.4) is 0 Å². The molecule has 0 aliphatic heterocycles. The summed E-state index contributed by atoms with van der Waals surface area (Å²) in [5.74, 6) is 0.264. The van der Waals surface area contributed by atoms with Gasteiger partial charge in [0.05, 0.1) is 25.6 Å². The number of hydrogen-bond donors (Lipinski definition) is 1. The molecule has 156 valence electrons. The number of nitrogens with one attached hydrogen (secondary N) is 1. The van der Waals surface area contributed by atoms with Crippen LogP contribution in [-0.2, 0) is 9.59 Å². The average Bonchev–Trinajstić information content (AvgIpc) is 3.21. The number of halogens is 1. The lowest BCUT2D eigenvalue weighted by molar-refractivity contribution is -0.131. The fourth-order valence-corrected chi connectivity index (χ4v) is 3.25. The zero-order chi connectivity index (χ0) is 21.5. The van der Waals surface area contributed by atoms with Crippen molar-refractivity contribution in [1.29, 1.82) is 0 Å². The quantitative estimate of drug-likeness (QED) is 0.550. The molecular weight excluding hydrogens is 409 g/mol. The van der Waals surface area contributed by atoms with Gasteiger partial charge in [0.15, 0.2) is 5.76 Å². The highest BCUT2D eigenvalue weighted by molar-refractivity contribution is 7.99. The van der Waals surface area contributed by atoms with Gasteiger partial charge < -0.3 is 19.4 Å². The Morgan fingerprint density at radius 2 is 2.00 bits per heavy atom. The minimum absolute atomic E-state index is 0.0618. The lowest BCUT2D eigenvalue weighted by Crippen LogP contribution is -2.35. The highest BCUT2D eigenvalue weighted by Gasteiger charge is 2.15. The van der Waals surface area contributed by atoms with Gasteiger partial charge >= 0.3 is 0 Å². The van der Waals surface area contributed by atoms with Crippen LogP contribution in [0.2, 0.25) is 0 Å². The standard InChI is InChI=1S/C21H20FN3O4S/c1-25(12-19(26)24-16-4-3-5-17(10-16)28-2)20(27)13-30-21-23-11-18(29-21)14-6-8-15(22)9-7-14/h3-11H,12-13H2,1-2H3,(H,24,26). The number of likely N-dealkylation sites (N-methyl/N-ethyl adjacent to an activating group) is 1. The van der Waals surface area contributed by atoms with Crippen LogP contribution < -0.4 is 10.1 Å². The Bertz CT molecular complexity index is 1020. The van der Waals surface area contributed by atoms with Crippen LogP contribution in [0.5, 0.6) is 5.75 Å². The number of rotatable bonds is 8. The number of benzene rings is 2. The molecule has 3 aromatic rings. The lowest BCUT2D eigenvalue weighted by atomic mass is 10.2. The van der Waals surface area contributed by atoms with E-state index in [2.05, 4.69) is 10.3 Å². The van der Waals surface area contributed by atoms with Gasteiger partial charge in [-0.15, -0.1) is 0 Å². The predicted molar refractivity (Wildman–Crippen MR) is 112 cm³/mol. The molecule has 3 rings (SSSR count). The predicted octanol–water partition coefficient (Wildman–Crippen LogP) is 3.68. The van der Waals surface area contributed by atoms with Gasteiger partial charge in [0, 0.05) is 24.4 Å². The zero-order valence-corrected chi connectivity index (χ0v) is 17.2. The molecule has 0 saturated heterocycles. The molecule has 0 spiro atoms. The summed E-state index contributed by atoms with van der Waals surface area (Å²) in [5, 5.41) is 3.04. The number of oxazole rings is 1. The summed E-state index contributed by atoms with van der Waals surface area (Å²) < 4.78 is 23.7. The molecule has 1 N–H and O–H groups in total. The molecule has 0 fully saturated rings. The number of hydrogen-bond acceptors (Lipinski definition) is 6. The van der Waals surface area contributed by atoms with Crippen molar-refractivity contribution in [2.45, 2.75) is 5.22 Å². The molecule has 0 aliphatic carbocycles. The molecule has 0 aliphatic rings. The fraction of sp³-hybridized carbons (Fsp3) is 0.190. The van der Waals surface area contributed by atoms with Crippen molar-refractivity contribution in [3.8, 4) is 17.1 Å². The second-order valence-electron chi connectivity index (χ2n) is 6.32. The van der Waals surface area contributed by atoms with Gasteiger partial charge in [0.1, 0.15) is 11.6 Å². The Hall–Kier alpha value is -3.33. The van der Waals surface area contributed by atoms with Gasteiger partial charge in [-0.25, -0.2) is 9.37 Å². The number of carbonyl (C=O) groups is 2. The minimum atomic E-state index is -0.336. The van der Waals surface area contributed by atoms with Crippen molar-refractivity contribution in [3.05, 3.63) is 60.5 Å². The van der Waals surface area contributed by atoms with Crippen molar-refractivity contribution >= 4 is 29.3 Å². The Labute approximate surface area is 177 Å². The van der Waals surface area contributed by atoms with Crippen LogP contribution in [0.25, 0.3) is 11.3 Å². The fourth-order valence-electron chi connectivity index (χ4n) is 2.51. The lowest BCUT2D eigenvalue weighted by Gasteiger charge is -2.16. The van der Waals surface area contributed by atoms with Gasteiger partial charge in [-0.1, -0.05) is 17.8 Å². The van der Waals surface area contributed by atoms with E-state index in [1.165, 1.54) is 23.2 Å². The summed E-state index contributed by atoms with van der Waals surface area (Å²) in [4.78, 5) is 29.9. The molecule has 30 heavy (non-hydrogen) atoms. The molecule has 7 nitrogen and oxygen atoms in total. The first-order valence-electron chi connectivity index (χ1n) is 8.97. The largest absolute Gasteiger partial charge is 0.497 e. The van der Waals surface area contributed by atoms with Gasteiger partial charge in [-0.05, 0) is 36.4 Å². The van der Waals surface area contributed by atoms with E-state index in [1.54, 1.807) is 50.6 Å². The molecule has 0 unspecified atom stereocenters. The topological polar surface area (TPSA) is 84.7 Å². The number of methoxy groups -OCH3 is 1. The molecule has 0 atom stereocenters. The average molecular weight is 429 g/mol. The maximum Gasteiger partial charge on any atom is 0.256 e. The first kappa shape index (κ1) is 21.4. The van der Waals surface area contributed by atoms with E-state index in [4.69, 9.17) is 9.15 Å². The second-order valence-corrected chi connectivity index (χ2v) is 7.24. The second kappa shape index (κ2) is 9.93. The SMILES string of the molecule is COc1cccc(NC(=O)CN(C)C(=O)CSc2ncc(-c3ccc(F)cc3)o2)c1. The smallest absolute Gasteiger partial charge is 0.256 e. The molecular formula is C21H20FN3O4S. The van der Waals surface area contributed by atoms with Crippen molar-refractivity contribution in [1.82, 2.24) is 9.88 Å². The number of thioether (sulfide) groups is 1. The molecule has 1 heterocycles. The van der Waals surface area contributed by atoms with Gasteiger partial charge in [-0.2, -0.15) is 0 Å². The Morgan fingerprint density at radius 3 is 2.73 bits per heavy atom. The van der Waals surface area contributed by atoms with Crippen molar-refractivity contribution < 1.29 is 23.1 Å². The summed E-state index contributed by atoms with van der Waals surface area (Å²) in [6, 6.07) is 12.8. The van der Waals surface area contributed by atoms with Crippen LogP contribution >= 0.6 is 11.8 Å². The molecule has 0 saturated carbocycles. The van der Waals surface area contributed by atoms with E-state index in [9.17, 15) is 14.0 Å². The third kappa shape index (κ3) is 5.84. The number of nitrogens with zero attached hydrogens (tertiary/aromatic N) is 2. The third-order valence-electron chi connectivity index (χ3n) is 4.09. The highest BCUT2D eigenvalue weighted by atomic mass is 32.2.